The Labute approximate surface area is 90.2 Å². The second-order valence-corrected chi connectivity index (χ2v) is 4.03. The monoisotopic (exact) mass is 214 g/mol. The molecule has 0 spiro atoms. The molecule has 1 fully saturated rings. The minimum Gasteiger partial charge on any atom is -0.375 e. The zero-order valence-electron chi connectivity index (χ0n) is 9.49. The van der Waals surface area contributed by atoms with Crippen LogP contribution < -0.4 is 0 Å². The molecular formula is C11H18O4. The van der Waals surface area contributed by atoms with Crippen molar-refractivity contribution in [3.05, 3.63) is 12.7 Å². The molecule has 1 aliphatic heterocycles. The standard InChI is InChI=1S/C11H18O4/c1-5-6-13-7-9-10(8(2)12)15-11(3,4)14-9/h5,9-10H,1,6-7H2,2-4H3. The molecule has 0 saturated carbocycles. The third kappa shape index (κ3) is 3.41. The average molecular weight is 214 g/mol. The Bertz CT molecular complexity index is 247. The Kier molecular flexibility index (Phi) is 4.02. The van der Waals surface area contributed by atoms with Gasteiger partial charge in [-0.15, -0.1) is 6.58 Å². The van der Waals surface area contributed by atoms with E-state index in [1.54, 1.807) is 19.9 Å². The van der Waals surface area contributed by atoms with Gasteiger partial charge in [-0.3, -0.25) is 4.79 Å². The van der Waals surface area contributed by atoms with Gasteiger partial charge >= 0.3 is 0 Å². The fourth-order valence-electron chi connectivity index (χ4n) is 1.57. The van der Waals surface area contributed by atoms with Crippen molar-refractivity contribution in [2.75, 3.05) is 13.2 Å². The smallest absolute Gasteiger partial charge is 0.164 e. The third-order valence-electron chi connectivity index (χ3n) is 2.10. The van der Waals surface area contributed by atoms with E-state index in [2.05, 4.69) is 6.58 Å². The summed E-state index contributed by atoms with van der Waals surface area (Å²) >= 11 is 0. The lowest BCUT2D eigenvalue weighted by Gasteiger charge is -2.16. The average Bonchev–Trinajstić information content (AvgIpc) is 2.42. The summed E-state index contributed by atoms with van der Waals surface area (Å²) in [6.07, 6.45) is 0.811. The maximum atomic E-state index is 11.3. The van der Waals surface area contributed by atoms with Gasteiger partial charge in [-0.1, -0.05) is 6.08 Å². The van der Waals surface area contributed by atoms with Crippen LogP contribution in [0.2, 0.25) is 0 Å². The van der Waals surface area contributed by atoms with Gasteiger partial charge in [0.2, 0.25) is 0 Å². The van der Waals surface area contributed by atoms with E-state index < -0.39 is 11.9 Å². The van der Waals surface area contributed by atoms with Gasteiger partial charge in [0.1, 0.15) is 12.2 Å². The molecule has 2 unspecified atom stereocenters. The van der Waals surface area contributed by atoms with E-state index in [4.69, 9.17) is 14.2 Å². The van der Waals surface area contributed by atoms with Crippen molar-refractivity contribution in [1.29, 1.82) is 0 Å². The fourth-order valence-corrected chi connectivity index (χ4v) is 1.57. The lowest BCUT2D eigenvalue weighted by atomic mass is 10.1. The van der Waals surface area contributed by atoms with E-state index in [-0.39, 0.29) is 11.9 Å². The number of ketones is 1. The van der Waals surface area contributed by atoms with Gasteiger partial charge in [0.25, 0.3) is 0 Å². The summed E-state index contributed by atoms with van der Waals surface area (Å²) in [6.45, 7) is 9.41. The van der Waals surface area contributed by atoms with Crippen LogP contribution >= 0.6 is 0 Å². The summed E-state index contributed by atoms with van der Waals surface area (Å²) in [5.41, 5.74) is 0. The van der Waals surface area contributed by atoms with Gasteiger partial charge in [0.05, 0.1) is 13.2 Å². The van der Waals surface area contributed by atoms with Crippen LogP contribution in [-0.4, -0.2) is 37.0 Å². The van der Waals surface area contributed by atoms with Gasteiger partial charge in [-0.2, -0.15) is 0 Å². The number of hydrogen-bond donors (Lipinski definition) is 0. The summed E-state index contributed by atoms with van der Waals surface area (Å²) in [7, 11) is 0. The van der Waals surface area contributed by atoms with E-state index >= 15 is 0 Å². The second kappa shape index (κ2) is 4.88. The minimum absolute atomic E-state index is 0.0345. The number of ether oxygens (including phenoxy) is 3. The summed E-state index contributed by atoms with van der Waals surface area (Å²) in [5, 5.41) is 0. The lowest BCUT2D eigenvalue weighted by molar-refractivity contribution is -0.156. The summed E-state index contributed by atoms with van der Waals surface area (Å²) < 4.78 is 16.3. The number of hydrogen-bond acceptors (Lipinski definition) is 4. The van der Waals surface area contributed by atoms with E-state index in [0.29, 0.717) is 13.2 Å². The van der Waals surface area contributed by atoms with Crippen molar-refractivity contribution in [2.24, 2.45) is 0 Å². The Morgan fingerprint density at radius 1 is 1.53 bits per heavy atom. The van der Waals surface area contributed by atoms with Crippen molar-refractivity contribution in [1.82, 2.24) is 0 Å². The summed E-state index contributed by atoms with van der Waals surface area (Å²) in [6, 6.07) is 0. The fraction of sp³-hybridized carbons (Fsp3) is 0.727. The van der Waals surface area contributed by atoms with Crippen molar-refractivity contribution in [3.63, 3.8) is 0 Å². The highest BCUT2D eigenvalue weighted by Crippen LogP contribution is 2.28. The van der Waals surface area contributed by atoms with Crippen molar-refractivity contribution >= 4 is 5.78 Å². The highest BCUT2D eigenvalue weighted by atomic mass is 16.8. The summed E-state index contributed by atoms with van der Waals surface area (Å²) in [4.78, 5) is 11.3. The zero-order valence-corrected chi connectivity index (χ0v) is 9.49. The molecule has 86 valence electrons. The minimum atomic E-state index is -0.710. The zero-order chi connectivity index (χ0) is 11.5. The number of carbonyl (C=O) groups excluding carboxylic acids is 1. The quantitative estimate of drug-likeness (QED) is 0.511. The maximum absolute atomic E-state index is 11.3. The van der Waals surface area contributed by atoms with Gasteiger partial charge in [0.15, 0.2) is 11.6 Å². The molecule has 1 heterocycles. The predicted molar refractivity (Wildman–Crippen MR) is 55.5 cm³/mol. The van der Waals surface area contributed by atoms with Crippen LogP contribution in [0.5, 0.6) is 0 Å². The van der Waals surface area contributed by atoms with Gasteiger partial charge in [0, 0.05) is 0 Å². The van der Waals surface area contributed by atoms with E-state index in [9.17, 15) is 4.79 Å². The molecule has 0 aromatic carbocycles. The van der Waals surface area contributed by atoms with E-state index in [1.165, 1.54) is 6.92 Å². The first-order valence-corrected chi connectivity index (χ1v) is 5.01. The van der Waals surface area contributed by atoms with E-state index in [0.717, 1.165) is 0 Å². The van der Waals surface area contributed by atoms with Gasteiger partial charge in [-0.25, -0.2) is 0 Å². The molecule has 0 radical (unpaired) electrons. The Balaban J connectivity index is 2.53. The van der Waals surface area contributed by atoms with E-state index in [1.807, 2.05) is 0 Å². The number of Topliss-reactive ketones (excluding diaryl/α,β-unsaturated/α-hetero) is 1. The molecule has 1 aliphatic rings. The molecule has 0 bridgehead atoms. The normalized spacial score (nSPS) is 29.0. The van der Waals surface area contributed by atoms with Crippen molar-refractivity contribution in [3.8, 4) is 0 Å². The Hall–Kier alpha value is -0.710. The molecule has 0 N–H and O–H groups in total. The van der Waals surface area contributed by atoms with Crippen LogP contribution in [-0.2, 0) is 19.0 Å². The van der Waals surface area contributed by atoms with Crippen molar-refractivity contribution in [2.45, 2.75) is 38.8 Å². The topological polar surface area (TPSA) is 44.8 Å². The third-order valence-corrected chi connectivity index (χ3v) is 2.10. The first kappa shape index (κ1) is 12.4. The molecule has 0 amide bonds. The molecule has 2 atom stereocenters. The lowest BCUT2D eigenvalue weighted by Crippen LogP contribution is -2.33. The SMILES string of the molecule is C=CCOCC1OC(C)(C)OC1C(C)=O. The van der Waals surface area contributed by atoms with Crippen LogP contribution in [0.3, 0.4) is 0 Å². The second-order valence-electron chi connectivity index (χ2n) is 4.03. The van der Waals surface area contributed by atoms with Crippen LogP contribution in [0.1, 0.15) is 20.8 Å². The van der Waals surface area contributed by atoms with Crippen LogP contribution in [0.4, 0.5) is 0 Å². The predicted octanol–water partition coefficient (Wildman–Crippen LogP) is 1.30. The maximum Gasteiger partial charge on any atom is 0.164 e. The van der Waals surface area contributed by atoms with Crippen LogP contribution in [0.15, 0.2) is 12.7 Å². The summed E-state index contributed by atoms with van der Waals surface area (Å²) in [5.74, 6) is -0.744. The van der Waals surface area contributed by atoms with Crippen LogP contribution in [0.25, 0.3) is 0 Å². The molecular weight excluding hydrogens is 196 g/mol. The van der Waals surface area contributed by atoms with Crippen LogP contribution in [0, 0.1) is 0 Å². The number of rotatable bonds is 5. The van der Waals surface area contributed by atoms with Gasteiger partial charge < -0.3 is 14.2 Å². The largest absolute Gasteiger partial charge is 0.375 e. The molecule has 4 heteroatoms. The molecule has 0 aromatic heterocycles. The highest BCUT2D eigenvalue weighted by molar-refractivity contribution is 5.81. The molecule has 1 saturated heterocycles. The number of carbonyl (C=O) groups is 1. The molecule has 1 rings (SSSR count). The first-order chi connectivity index (χ1) is 6.96. The molecule has 0 aromatic rings. The first-order valence-electron chi connectivity index (χ1n) is 5.01. The van der Waals surface area contributed by atoms with Gasteiger partial charge in [-0.05, 0) is 20.8 Å². The van der Waals surface area contributed by atoms with Crippen molar-refractivity contribution < 1.29 is 19.0 Å². The highest BCUT2D eigenvalue weighted by Gasteiger charge is 2.43. The Morgan fingerprint density at radius 3 is 2.73 bits per heavy atom. The molecule has 0 aliphatic carbocycles. The molecule has 15 heavy (non-hydrogen) atoms. The molecule has 4 nitrogen and oxygen atoms in total. The Morgan fingerprint density at radius 2 is 2.20 bits per heavy atom.